The molecule has 114 valence electrons. The average molecular weight is 295 g/mol. The number of rotatable bonds is 10. The average Bonchev–Trinajstić information content (AvgIpc) is 2.47. The standard InChI is InChI=1S/C17H29NOS/c1-5-14(4)12-20-13-17(18-6-2)15-8-10-16(11-9-15)19-7-3/h8-11,14,17-18H,5-7,12-13H2,1-4H3. The molecule has 0 fully saturated rings. The predicted molar refractivity (Wildman–Crippen MR) is 90.8 cm³/mol. The summed E-state index contributed by atoms with van der Waals surface area (Å²) in [5.41, 5.74) is 1.35. The molecule has 0 aliphatic rings. The monoisotopic (exact) mass is 295 g/mol. The number of hydrogen-bond acceptors (Lipinski definition) is 3. The minimum atomic E-state index is 0.435. The largest absolute Gasteiger partial charge is 0.494 e. The third-order valence-corrected chi connectivity index (χ3v) is 4.80. The second-order valence-corrected chi connectivity index (χ2v) is 6.24. The zero-order valence-corrected chi connectivity index (χ0v) is 14.1. The van der Waals surface area contributed by atoms with Crippen LogP contribution in [-0.2, 0) is 0 Å². The maximum atomic E-state index is 5.50. The van der Waals surface area contributed by atoms with Crippen molar-refractivity contribution in [3.63, 3.8) is 0 Å². The van der Waals surface area contributed by atoms with E-state index in [-0.39, 0.29) is 0 Å². The van der Waals surface area contributed by atoms with Gasteiger partial charge in [-0.2, -0.15) is 11.8 Å². The normalized spacial score (nSPS) is 14.0. The topological polar surface area (TPSA) is 21.3 Å². The van der Waals surface area contributed by atoms with Crippen LogP contribution in [0.3, 0.4) is 0 Å². The smallest absolute Gasteiger partial charge is 0.119 e. The molecule has 0 amide bonds. The summed E-state index contributed by atoms with van der Waals surface area (Å²) in [6.07, 6.45) is 1.27. The van der Waals surface area contributed by atoms with Crippen molar-refractivity contribution in [3.05, 3.63) is 29.8 Å². The second kappa shape index (κ2) is 10.1. The van der Waals surface area contributed by atoms with E-state index in [9.17, 15) is 0 Å². The second-order valence-electron chi connectivity index (χ2n) is 5.16. The number of hydrogen-bond donors (Lipinski definition) is 1. The van der Waals surface area contributed by atoms with Crippen LogP contribution in [0.15, 0.2) is 24.3 Å². The summed E-state index contributed by atoms with van der Waals surface area (Å²) >= 11 is 2.05. The number of nitrogens with one attached hydrogen (secondary N) is 1. The lowest BCUT2D eigenvalue weighted by Gasteiger charge is -2.19. The molecule has 0 radical (unpaired) electrons. The molecule has 2 unspecified atom stereocenters. The highest BCUT2D eigenvalue weighted by Gasteiger charge is 2.11. The zero-order chi connectivity index (χ0) is 14.8. The number of benzene rings is 1. The summed E-state index contributed by atoms with van der Waals surface area (Å²) in [4.78, 5) is 0. The molecule has 0 aliphatic carbocycles. The van der Waals surface area contributed by atoms with Crippen molar-refractivity contribution < 1.29 is 4.74 Å². The lowest BCUT2D eigenvalue weighted by atomic mass is 10.1. The van der Waals surface area contributed by atoms with E-state index in [1.54, 1.807) is 0 Å². The van der Waals surface area contributed by atoms with Crippen LogP contribution in [0, 0.1) is 5.92 Å². The van der Waals surface area contributed by atoms with E-state index in [0.717, 1.165) is 30.6 Å². The number of ether oxygens (including phenoxy) is 1. The van der Waals surface area contributed by atoms with Gasteiger partial charge < -0.3 is 10.1 Å². The van der Waals surface area contributed by atoms with Crippen LogP contribution in [0.5, 0.6) is 5.75 Å². The van der Waals surface area contributed by atoms with Gasteiger partial charge in [0, 0.05) is 11.8 Å². The first kappa shape index (κ1) is 17.4. The SMILES string of the molecule is CCNC(CSCC(C)CC)c1ccc(OCC)cc1. The van der Waals surface area contributed by atoms with Gasteiger partial charge in [0.05, 0.1) is 6.61 Å². The van der Waals surface area contributed by atoms with Crippen molar-refractivity contribution in [3.8, 4) is 5.75 Å². The Kier molecular flexibility index (Phi) is 8.79. The van der Waals surface area contributed by atoms with Crippen molar-refractivity contribution in [2.24, 2.45) is 5.92 Å². The molecule has 3 heteroatoms. The molecule has 2 atom stereocenters. The fourth-order valence-corrected chi connectivity index (χ4v) is 3.31. The zero-order valence-electron chi connectivity index (χ0n) is 13.3. The molecule has 0 saturated carbocycles. The van der Waals surface area contributed by atoms with Crippen LogP contribution in [0.1, 0.15) is 45.7 Å². The highest BCUT2D eigenvalue weighted by Crippen LogP contribution is 2.23. The van der Waals surface area contributed by atoms with Crippen LogP contribution in [0.2, 0.25) is 0 Å². The fourth-order valence-electron chi connectivity index (χ4n) is 1.99. The van der Waals surface area contributed by atoms with Gasteiger partial charge in [-0.25, -0.2) is 0 Å². The van der Waals surface area contributed by atoms with Gasteiger partial charge in [0.1, 0.15) is 5.75 Å². The fraction of sp³-hybridized carbons (Fsp3) is 0.647. The Morgan fingerprint density at radius 1 is 1.10 bits per heavy atom. The third kappa shape index (κ3) is 6.19. The first-order chi connectivity index (χ1) is 9.71. The minimum Gasteiger partial charge on any atom is -0.494 e. The molecular formula is C17H29NOS. The predicted octanol–water partition coefficient (Wildman–Crippen LogP) is 4.52. The summed E-state index contributed by atoms with van der Waals surface area (Å²) in [7, 11) is 0. The molecule has 1 N–H and O–H groups in total. The van der Waals surface area contributed by atoms with Gasteiger partial charge in [0.15, 0.2) is 0 Å². The molecule has 1 aromatic rings. The van der Waals surface area contributed by atoms with Gasteiger partial charge in [0.25, 0.3) is 0 Å². The Hall–Kier alpha value is -0.670. The van der Waals surface area contributed by atoms with Crippen molar-refractivity contribution in [1.82, 2.24) is 5.32 Å². The molecule has 1 rings (SSSR count). The lowest BCUT2D eigenvalue weighted by Crippen LogP contribution is -2.23. The minimum absolute atomic E-state index is 0.435. The lowest BCUT2D eigenvalue weighted by molar-refractivity contribution is 0.340. The van der Waals surface area contributed by atoms with E-state index >= 15 is 0 Å². The van der Waals surface area contributed by atoms with Crippen molar-refractivity contribution >= 4 is 11.8 Å². The van der Waals surface area contributed by atoms with E-state index in [4.69, 9.17) is 4.74 Å². The van der Waals surface area contributed by atoms with E-state index in [1.165, 1.54) is 17.7 Å². The van der Waals surface area contributed by atoms with Gasteiger partial charge >= 0.3 is 0 Å². The van der Waals surface area contributed by atoms with Crippen molar-refractivity contribution in [2.45, 2.75) is 40.2 Å². The maximum absolute atomic E-state index is 5.50. The molecule has 0 heterocycles. The van der Waals surface area contributed by atoms with Crippen molar-refractivity contribution in [2.75, 3.05) is 24.7 Å². The summed E-state index contributed by atoms with van der Waals surface area (Å²) in [6.45, 7) is 10.5. The Balaban J connectivity index is 2.55. The Morgan fingerprint density at radius 3 is 2.35 bits per heavy atom. The Bertz CT molecular complexity index is 353. The summed E-state index contributed by atoms with van der Waals surface area (Å²) < 4.78 is 5.50. The quantitative estimate of drug-likeness (QED) is 0.686. The van der Waals surface area contributed by atoms with Crippen molar-refractivity contribution in [1.29, 1.82) is 0 Å². The Morgan fingerprint density at radius 2 is 1.80 bits per heavy atom. The highest BCUT2D eigenvalue weighted by atomic mass is 32.2. The molecule has 0 spiro atoms. The van der Waals surface area contributed by atoms with Gasteiger partial charge in [0.2, 0.25) is 0 Å². The Labute approximate surface area is 128 Å². The molecule has 0 saturated heterocycles. The molecule has 1 aromatic carbocycles. The molecule has 0 bridgehead atoms. The van der Waals surface area contributed by atoms with Gasteiger partial charge in [-0.1, -0.05) is 39.3 Å². The first-order valence-electron chi connectivity index (χ1n) is 7.75. The molecule has 0 aromatic heterocycles. The van der Waals surface area contributed by atoms with E-state index in [1.807, 2.05) is 18.7 Å². The number of thioether (sulfide) groups is 1. The maximum Gasteiger partial charge on any atom is 0.119 e. The molecule has 0 aliphatic heterocycles. The third-order valence-electron chi connectivity index (χ3n) is 3.43. The van der Waals surface area contributed by atoms with E-state index in [2.05, 4.69) is 50.4 Å². The molecule has 20 heavy (non-hydrogen) atoms. The molecule has 2 nitrogen and oxygen atoms in total. The van der Waals surface area contributed by atoms with Gasteiger partial charge in [-0.15, -0.1) is 0 Å². The first-order valence-corrected chi connectivity index (χ1v) is 8.90. The van der Waals surface area contributed by atoms with Gasteiger partial charge in [-0.05, 0) is 42.8 Å². The summed E-state index contributed by atoms with van der Waals surface area (Å²) in [5, 5.41) is 3.58. The van der Waals surface area contributed by atoms with Crippen LogP contribution >= 0.6 is 11.8 Å². The summed E-state index contributed by atoms with van der Waals surface area (Å²) in [6, 6.07) is 8.94. The van der Waals surface area contributed by atoms with Crippen LogP contribution in [0.25, 0.3) is 0 Å². The van der Waals surface area contributed by atoms with Gasteiger partial charge in [-0.3, -0.25) is 0 Å². The van der Waals surface area contributed by atoms with Crippen LogP contribution in [-0.4, -0.2) is 24.7 Å². The highest BCUT2D eigenvalue weighted by molar-refractivity contribution is 7.99. The van der Waals surface area contributed by atoms with E-state index < -0.39 is 0 Å². The van der Waals surface area contributed by atoms with E-state index in [0.29, 0.717) is 6.04 Å². The van der Waals surface area contributed by atoms with Crippen LogP contribution in [0.4, 0.5) is 0 Å². The molecular weight excluding hydrogens is 266 g/mol. The summed E-state index contributed by atoms with van der Waals surface area (Å²) in [5.74, 6) is 4.14. The van der Waals surface area contributed by atoms with Crippen LogP contribution < -0.4 is 10.1 Å².